The summed E-state index contributed by atoms with van der Waals surface area (Å²) in [6.07, 6.45) is 1.00. The molecule has 1 heterocycles. The Morgan fingerprint density at radius 3 is 2.82 bits per heavy atom. The third-order valence-corrected chi connectivity index (χ3v) is 4.48. The Hall–Kier alpha value is -1.39. The minimum Gasteiger partial charge on any atom is -0.382 e. The number of Topliss-reactive ketones (excluding diaryl/α,β-unsaturated/α-hetero) is 1. The summed E-state index contributed by atoms with van der Waals surface area (Å²) in [6.45, 7) is 12.4. The van der Waals surface area contributed by atoms with Gasteiger partial charge in [-0.2, -0.15) is 0 Å². The van der Waals surface area contributed by atoms with Crippen molar-refractivity contribution in [3.05, 3.63) is 29.3 Å². The van der Waals surface area contributed by atoms with Crippen LogP contribution in [0.1, 0.15) is 43.6 Å². The number of carbonyl (C=O) groups is 1. The summed E-state index contributed by atoms with van der Waals surface area (Å²) >= 11 is 0. The molecule has 2 atom stereocenters. The van der Waals surface area contributed by atoms with Crippen molar-refractivity contribution in [2.24, 2.45) is 0 Å². The second-order valence-corrected chi connectivity index (χ2v) is 6.19. The van der Waals surface area contributed by atoms with Gasteiger partial charge in [-0.3, -0.25) is 4.79 Å². The maximum atomic E-state index is 12.5. The van der Waals surface area contributed by atoms with E-state index >= 15 is 0 Å². The van der Waals surface area contributed by atoms with Crippen LogP contribution in [0.25, 0.3) is 0 Å². The summed E-state index contributed by atoms with van der Waals surface area (Å²) in [5.41, 5.74) is 3.25. The molecule has 0 aromatic heterocycles. The second-order valence-electron chi connectivity index (χ2n) is 6.19. The lowest BCUT2D eigenvalue weighted by Gasteiger charge is -2.20. The molecule has 1 aromatic carbocycles. The van der Waals surface area contributed by atoms with Gasteiger partial charge in [0, 0.05) is 30.4 Å². The molecule has 1 aliphatic heterocycles. The van der Waals surface area contributed by atoms with Crippen LogP contribution in [-0.2, 0) is 6.42 Å². The van der Waals surface area contributed by atoms with Crippen molar-refractivity contribution < 1.29 is 4.79 Å². The van der Waals surface area contributed by atoms with Gasteiger partial charge in [-0.05, 0) is 57.1 Å². The van der Waals surface area contributed by atoms with Crippen LogP contribution in [0.2, 0.25) is 0 Å². The number of nitrogens with one attached hydrogen (secondary N) is 2. The van der Waals surface area contributed by atoms with Crippen LogP contribution < -0.4 is 10.6 Å². The Balaban J connectivity index is 1.90. The first-order chi connectivity index (χ1) is 10.5. The fourth-order valence-electron chi connectivity index (χ4n) is 3.02. The number of benzene rings is 1. The summed E-state index contributed by atoms with van der Waals surface area (Å²) in [5, 5.41) is 6.77. The van der Waals surface area contributed by atoms with E-state index in [4.69, 9.17) is 0 Å². The monoisotopic (exact) mass is 303 g/mol. The predicted octanol–water partition coefficient (Wildman–Crippen LogP) is 2.55. The van der Waals surface area contributed by atoms with Crippen molar-refractivity contribution in [3.8, 4) is 0 Å². The van der Waals surface area contributed by atoms with Gasteiger partial charge in [0.1, 0.15) is 0 Å². The van der Waals surface area contributed by atoms with E-state index in [2.05, 4.69) is 42.4 Å². The van der Waals surface area contributed by atoms with Crippen molar-refractivity contribution in [1.82, 2.24) is 10.2 Å². The Labute approximate surface area is 134 Å². The van der Waals surface area contributed by atoms with Gasteiger partial charge in [-0.15, -0.1) is 0 Å². The SMILES string of the molecule is CCN(CC)CCNC(C)C(=O)c1ccc2c(c1)CC(C)N2. The largest absolute Gasteiger partial charge is 0.382 e. The van der Waals surface area contributed by atoms with Crippen LogP contribution in [0, 0.1) is 0 Å². The number of hydrogen-bond donors (Lipinski definition) is 2. The van der Waals surface area contributed by atoms with E-state index in [1.54, 1.807) is 0 Å². The molecule has 1 aliphatic rings. The first-order valence-electron chi connectivity index (χ1n) is 8.44. The van der Waals surface area contributed by atoms with Crippen LogP contribution >= 0.6 is 0 Å². The van der Waals surface area contributed by atoms with Crippen molar-refractivity contribution in [3.63, 3.8) is 0 Å². The molecular weight excluding hydrogens is 274 g/mol. The fourth-order valence-corrected chi connectivity index (χ4v) is 3.02. The summed E-state index contributed by atoms with van der Waals surface area (Å²) in [7, 11) is 0. The first-order valence-corrected chi connectivity index (χ1v) is 8.44. The van der Waals surface area contributed by atoms with E-state index in [-0.39, 0.29) is 11.8 Å². The number of fused-ring (bicyclic) bond motifs is 1. The van der Waals surface area contributed by atoms with E-state index in [1.165, 1.54) is 11.3 Å². The van der Waals surface area contributed by atoms with E-state index in [9.17, 15) is 4.79 Å². The van der Waals surface area contributed by atoms with Crippen molar-refractivity contribution >= 4 is 11.5 Å². The zero-order valence-electron chi connectivity index (χ0n) is 14.3. The maximum Gasteiger partial charge on any atom is 0.179 e. The molecule has 0 aliphatic carbocycles. The summed E-state index contributed by atoms with van der Waals surface area (Å²) < 4.78 is 0. The molecule has 122 valence electrons. The number of nitrogens with zero attached hydrogens (tertiary/aromatic N) is 1. The first kappa shape index (κ1) is 17.0. The van der Waals surface area contributed by atoms with Crippen molar-refractivity contribution in [1.29, 1.82) is 0 Å². The molecule has 4 nitrogen and oxygen atoms in total. The summed E-state index contributed by atoms with van der Waals surface area (Å²) in [4.78, 5) is 14.9. The smallest absolute Gasteiger partial charge is 0.179 e. The number of carbonyl (C=O) groups excluding carboxylic acids is 1. The molecule has 0 saturated heterocycles. The third kappa shape index (κ3) is 4.08. The number of likely N-dealkylation sites (N-methyl/N-ethyl adjacent to an activating group) is 1. The topological polar surface area (TPSA) is 44.4 Å². The molecule has 0 fully saturated rings. The zero-order valence-corrected chi connectivity index (χ0v) is 14.3. The molecule has 0 amide bonds. The molecule has 22 heavy (non-hydrogen) atoms. The minimum atomic E-state index is -0.139. The Morgan fingerprint density at radius 1 is 1.41 bits per heavy atom. The van der Waals surface area contributed by atoms with Crippen LogP contribution in [0.3, 0.4) is 0 Å². The van der Waals surface area contributed by atoms with E-state index in [0.717, 1.165) is 38.2 Å². The van der Waals surface area contributed by atoms with Crippen LogP contribution in [0.15, 0.2) is 18.2 Å². The highest BCUT2D eigenvalue weighted by Gasteiger charge is 2.20. The summed E-state index contributed by atoms with van der Waals surface area (Å²) in [6, 6.07) is 6.35. The highest BCUT2D eigenvalue weighted by Crippen LogP contribution is 2.26. The third-order valence-electron chi connectivity index (χ3n) is 4.48. The highest BCUT2D eigenvalue weighted by atomic mass is 16.1. The number of ketones is 1. The molecule has 0 bridgehead atoms. The van der Waals surface area contributed by atoms with Gasteiger partial charge in [0.05, 0.1) is 6.04 Å². The van der Waals surface area contributed by atoms with E-state index in [0.29, 0.717) is 6.04 Å². The molecule has 2 rings (SSSR count). The van der Waals surface area contributed by atoms with Gasteiger partial charge in [-0.25, -0.2) is 0 Å². The van der Waals surface area contributed by atoms with Gasteiger partial charge in [-0.1, -0.05) is 13.8 Å². The van der Waals surface area contributed by atoms with Crippen molar-refractivity contribution in [2.75, 3.05) is 31.5 Å². The van der Waals surface area contributed by atoms with Gasteiger partial charge < -0.3 is 15.5 Å². The lowest BCUT2D eigenvalue weighted by Crippen LogP contribution is -2.39. The second kappa shape index (κ2) is 7.75. The lowest BCUT2D eigenvalue weighted by molar-refractivity contribution is 0.0949. The van der Waals surface area contributed by atoms with Gasteiger partial charge >= 0.3 is 0 Å². The Morgan fingerprint density at radius 2 is 2.14 bits per heavy atom. The average Bonchev–Trinajstić information content (AvgIpc) is 2.89. The standard InChI is InChI=1S/C18H29N3O/c1-5-21(6-2)10-9-19-14(4)18(22)15-7-8-17-16(12-15)11-13(3)20-17/h7-8,12-14,19-20H,5-6,9-11H2,1-4H3. The number of rotatable bonds is 8. The minimum absolute atomic E-state index is 0.139. The lowest BCUT2D eigenvalue weighted by atomic mass is 10.0. The molecule has 0 spiro atoms. The van der Waals surface area contributed by atoms with Gasteiger partial charge in [0.25, 0.3) is 0 Å². The molecule has 2 unspecified atom stereocenters. The molecule has 1 aromatic rings. The van der Waals surface area contributed by atoms with E-state index in [1.807, 2.05) is 19.1 Å². The Bertz CT molecular complexity index is 511. The Kier molecular flexibility index (Phi) is 5.98. The van der Waals surface area contributed by atoms with Crippen LogP contribution in [-0.4, -0.2) is 48.9 Å². The van der Waals surface area contributed by atoms with Gasteiger partial charge in [0.15, 0.2) is 5.78 Å². The van der Waals surface area contributed by atoms with Crippen molar-refractivity contribution in [2.45, 2.75) is 46.2 Å². The fraction of sp³-hybridized carbons (Fsp3) is 0.611. The quantitative estimate of drug-likeness (QED) is 0.725. The zero-order chi connectivity index (χ0) is 16.1. The molecular formula is C18H29N3O. The van der Waals surface area contributed by atoms with Crippen LogP contribution in [0.5, 0.6) is 0 Å². The maximum absolute atomic E-state index is 12.5. The predicted molar refractivity (Wildman–Crippen MR) is 92.8 cm³/mol. The average molecular weight is 303 g/mol. The number of hydrogen-bond acceptors (Lipinski definition) is 4. The number of anilines is 1. The van der Waals surface area contributed by atoms with Crippen LogP contribution in [0.4, 0.5) is 5.69 Å². The van der Waals surface area contributed by atoms with Gasteiger partial charge in [0.2, 0.25) is 0 Å². The van der Waals surface area contributed by atoms with E-state index < -0.39 is 0 Å². The molecule has 4 heteroatoms. The molecule has 0 radical (unpaired) electrons. The summed E-state index contributed by atoms with van der Waals surface area (Å²) in [5.74, 6) is 0.182. The molecule has 0 saturated carbocycles. The molecule has 2 N–H and O–H groups in total. The highest BCUT2D eigenvalue weighted by molar-refractivity contribution is 6.00. The normalized spacial score (nSPS) is 18.1.